The summed E-state index contributed by atoms with van der Waals surface area (Å²) >= 11 is 0. The average molecular weight is 282 g/mol. The predicted molar refractivity (Wildman–Crippen MR) is 76.4 cm³/mol. The van der Waals surface area contributed by atoms with Gasteiger partial charge in [-0.1, -0.05) is 0 Å². The van der Waals surface area contributed by atoms with E-state index in [0.29, 0.717) is 25.7 Å². The topological polar surface area (TPSA) is 69.6 Å². The van der Waals surface area contributed by atoms with Gasteiger partial charge in [-0.3, -0.25) is 9.59 Å². The fraction of sp³-hybridized carbons (Fsp3) is 0.867. The van der Waals surface area contributed by atoms with Gasteiger partial charge in [0.15, 0.2) is 0 Å². The maximum atomic E-state index is 12.2. The Labute approximate surface area is 120 Å². The van der Waals surface area contributed by atoms with Crippen molar-refractivity contribution < 1.29 is 14.7 Å². The molecule has 0 aromatic heterocycles. The van der Waals surface area contributed by atoms with Crippen LogP contribution in [0.5, 0.6) is 0 Å². The summed E-state index contributed by atoms with van der Waals surface area (Å²) in [5.74, 6) is -0.851. The molecule has 0 radical (unpaired) electrons. The van der Waals surface area contributed by atoms with Crippen LogP contribution in [0, 0.1) is 11.8 Å². The van der Waals surface area contributed by atoms with E-state index < -0.39 is 5.97 Å². The van der Waals surface area contributed by atoms with Gasteiger partial charge in [0.1, 0.15) is 0 Å². The SMILES string of the molecule is CN(C)C1(CNC(=O)C2CCC(C(=O)O)CC2)CCC1. The number of carbonyl (C=O) groups is 2. The minimum Gasteiger partial charge on any atom is -0.481 e. The molecule has 2 fully saturated rings. The number of nitrogens with one attached hydrogen (secondary N) is 1. The number of nitrogens with zero attached hydrogens (tertiary/aromatic N) is 1. The van der Waals surface area contributed by atoms with Gasteiger partial charge in [-0.05, 0) is 59.0 Å². The van der Waals surface area contributed by atoms with Gasteiger partial charge in [-0.2, -0.15) is 0 Å². The molecule has 0 aromatic rings. The second-order valence-electron chi connectivity index (χ2n) is 6.58. The maximum absolute atomic E-state index is 12.2. The lowest BCUT2D eigenvalue weighted by Gasteiger charge is -2.47. The minimum absolute atomic E-state index is 0.00453. The molecule has 2 saturated carbocycles. The number of rotatable bonds is 5. The van der Waals surface area contributed by atoms with Gasteiger partial charge in [-0.15, -0.1) is 0 Å². The van der Waals surface area contributed by atoms with Crippen LogP contribution in [0.25, 0.3) is 0 Å². The number of carbonyl (C=O) groups excluding carboxylic acids is 1. The monoisotopic (exact) mass is 282 g/mol. The molecule has 2 N–H and O–H groups in total. The molecule has 0 bridgehead atoms. The van der Waals surface area contributed by atoms with E-state index in [1.165, 1.54) is 6.42 Å². The third-order valence-electron chi connectivity index (χ3n) is 5.27. The standard InChI is InChI=1S/C15H26N2O3/c1-17(2)15(8-3-9-15)10-16-13(18)11-4-6-12(7-5-11)14(19)20/h11-12H,3-10H2,1-2H3,(H,16,18)(H,19,20). The van der Waals surface area contributed by atoms with Gasteiger partial charge in [0.05, 0.1) is 5.92 Å². The molecule has 20 heavy (non-hydrogen) atoms. The van der Waals surface area contributed by atoms with Crippen LogP contribution in [0.1, 0.15) is 44.9 Å². The summed E-state index contributed by atoms with van der Waals surface area (Å²) < 4.78 is 0. The van der Waals surface area contributed by atoms with Crippen LogP contribution >= 0.6 is 0 Å². The Balaban J connectivity index is 1.77. The summed E-state index contributed by atoms with van der Waals surface area (Å²) in [6, 6.07) is 0. The molecule has 5 heteroatoms. The second kappa shape index (κ2) is 6.12. The molecule has 0 saturated heterocycles. The van der Waals surface area contributed by atoms with Crippen LogP contribution < -0.4 is 5.32 Å². The number of amides is 1. The molecular formula is C15H26N2O3. The molecule has 0 spiro atoms. The second-order valence-corrected chi connectivity index (χ2v) is 6.58. The van der Waals surface area contributed by atoms with E-state index in [1.54, 1.807) is 0 Å². The van der Waals surface area contributed by atoms with E-state index in [-0.39, 0.29) is 23.3 Å². The smallest absolute Gasteiger partial charge is 0.306 e. The summed E-state index contributed by atoms with van der Waals surface area (Å²) in [6.45, 7) is 0.720. The molecule has 2 aliphatic rings. The molecule has 0 unspecified atom stereocenters. The Morgan fingerprint density at radius 2 is 1.70 bits per heavy atom. The van der Waals surface area contributed by atoms with Crippen LogP contribution in [-0.2, 0) is 9.59 Å². The number of hydrogen-bond donors (Lipinski definition) is 2. The third kappa shape index (κ3) is 3.14. The summed E-state index contributed by atoms with van der Waals surface area (Å²) in [6.07, 6.45) is 6.20. The zero-order valence-corrected chi connectivity index (χ0v) is 12.5. The normalized spacial score (nSPS) is 28.8. The third-order valence-corrected chi connectivity index (χ3v) is 5.27. The zero-order valence-electron chi connectivity index (χ0n) is 12.5. The maximum Gasteiger partial charge on any atom is 0.306 e. The fourth-order valence-electron chi connectivity index (χ4n) is 3.37. The van der Waals surface area contributed by atoms with Crippen molar-refractivity contribution in [1.82, 2.24) is 10.2 Å². The first kappa shape index (κ1) is 15.3. The highest BCUT2D eigenvalue weighted by Crippen LogP contribution is 2.36. The van der Waals surface area contributed by atoms with Crippen molar-refractivity contribution >= 4 is 11.9 Å². The highest BCUT2D eigenvalue weighted by molar-refractivity contribution is 5.79. The van der Waals surface area contributed by atoms with Crippen molar-refractivity contribution in [1.29, 1.82) is 0 Å². The van der Waals surface area contributed by atoms with Crippen molar-refractivity contribution in [2.75, 3.05) is 20.6 Å². The van der Waals surface area contributed by atoms with Crippen LogP contribution in [0.4, 0.5) is 0 Å². The zero-order chi connectivity index (χ0) is 14.8. The fourth-order valence-corrected chi connectivity index (χ4v) is 3.37. The van der Waals surface area contributed by atoms with Crippen molar-refractivity contribution in [3.8, 4) is 0 Å². The van der Waals surface area contributed by atoms with E-state index in [0.717, 1.165) is 19.4 Å². The summed E-state index contributed by atoms with van der Waals surface area (Å²) in [5, 5.41) is 12.1. The quantitative estimate of drug-likeness (QED) is 0.801. The van der Waals surface area contributed by atoms with Gasteiger partial charge >= 0.3 is 5.97 Å². The van der Waals surface area contributed by atoms with Crippen molar-refractivity contribution in [2.45, 2.75) is 50.5 Å². The molecule has 0 aromatic carbocycles. The van der Waals surface area contributed by atoms with Crippen molar-refractivity contribution in [2.24, 2.45) is 11.8 Å². The van der Waals surface area contributed by atoms with Crippen LogP contribution in [0.3, 0.4) is 0 Å². The minimum atomic E-state index is -0.718. The number of aliphatic carboxylic acids is 1. The van der Waals surface area contributed by atoms with E-state index >= 15 is 0 Å². The Morgan fingerprint density at radius 3 is 2.10 bits per heavy atom. The molecule has 0 heterocycles. The van der Waals surface area contributed by atoms with Gasteiger partial charge in [0.25, 0.3) is 0 Å². The largest absolute Gasteiger partial charge is 0.481 e. The molecular weight excluding hydrogens is 256 g/mol. The first-order valence-electron chi connectivity index (χ1n) is 7.62. The lowest BCUT2D eigenvalue weighted by atomic mass is 9.75. The molecule has 2 rings (SSSR count). The molecule has 5 nitrogen and oxygen atoms in total. The van der Waals surface area contributed by atoms with Gasteiger partial charge in [-0.25, -0.2) is 0 Å². The van der Waals surface area contributed by atoms with Crippen LogP contribution in [0.15, 0.2) is 0 Å². The van der Waals surface area contributed by atoms with Crippen LogP contribution in [0.2, 0.25) is 0 Å². The van der Waals surface area contributed by atoms with Crippen LogP contribution in [-0.4, -0.2) is 48.1 Å². The molecule has 0 aliphatic heterocycles. The number of carboxylic acid groups (broad SMARTS) is 1. The number of hydrogen-bond acceptors (Lipinski definition) is 3. The molecule has 2 aliphatic carbocycles. The van der Waals surface area contributed by atoms with E-state index in [2.05, 4.69) is 24.3 Å². The number of likely N-dealkylation sites (N-methyl/N-ethyl adjacent to an activating group) is 1. The van der Waals surface area contributed by atoms with Crippen molar-refractivity contribution in [3.63, 3.8) is 0 Å². The highest BCUT2D eigenvalue weighted by atomic mass is 16.4. The Kier molecular flexibility index (Phi) is 4.68. The lowest BCUT2D eigenvalue weighted by Crippen LogP contribution is -2.57. The highest BCUT2D eigenvalue weighted by Gasteiger charge is 2.39. The Bertz CT molecular complexity index is 369. The summed E-state index contributed by atoms with van der Waals surface area (Å²) in [4.78, 5) is 25.3. The van der Waals surface area contributed by atoms with Gasteiger partial charge in [0, 0.05) is 18.0 Å². The number of carboxylic acids is 1. The van der Waals surface area contributed by atoms with Gasteiger partial charge in [0.2, 0.25) is 5.91 Å². The Morgan fingerprint density at radius 1 is 1.15 bits per heavy atom. The van der Waals surface area contributed by atoms with Crippen molar-refractivity contribution in [3.05, 3.63) is 0 Å². The molecule has 114 valence electrons. The summed E-state index contributed by atoms with van der Waals surface area (Å²) in [7, 11) is 4.15. The first-order chi connectivity index (χ1) is 9.44. The Hall–Kier alpha value is -1.10. The van der Waals surface area contributed by atoms with E-state index in [1.807, 2.05) is 0 Å². The average Bonchev–Trinajstić information content (AvgIpc) is 2.36. The first-order valence-corrected chi connectivity index (χ1v) is 7.62. The summed E-state index contributed by atoms with van der Waals surface area (Å²) in [5.41, 5.74) is 0.147. The molecule has 0 atom stereocenters. The molecule has 1 amide bonds. The lowest BCUT2D eigenvalue weighted by molar-refractivity contribution is -0.144. The van der Waals surface area contributed by atoms with Gasteiger partial charge < -0.3 is 15.3 Å². The van der Waals surface area contributed by atoms with E-state index in [4.69, 9.17) is 5.11 Å². The van der Waals surface area contributed by atoms with E-state index in [9.17, 15) is 9.59 Å². The predicted octanol–water partition coefficient (Wildman–Crippen LogP) is 1.48.